The monoisotopic (exact) mass is 392 g/mol. The topological polar surface area (TPSA) is 105 Å². The summed E-state index contributed by atoms with van der Waals surface area (Å²) in [5, 5.41) is 0. The third-order valence-corrected chi connectivity index (χ3v) is 3.98. The lowest BCUT2D eigenvalue weighted by molar-refractivity contribution is -0.153. The maximum absolute atomic E-state index is 11.5. The maximum Gasteiger partial charge on any atom is 0.338 e. The van der Waals surface area contributed by atoms with Gasteiger partial charge in [0.15, 0.2) is 0 Å². The van der Waals surface area contributed by atoms with Crippen LogP contribution in [0.5, 0.6) is 0 Å². The second-order valence-electron chi connectivity index (χ2n) is 6.20. The lowest BCUT2D eigenvalue weighted by Gasteiger charge is -2.09. The largest absolute Gasteiger partial charge is 0.462 e. The fraction of sp³-hybridized carbons (Fsp3) is 0.500. The molecule has 0 amide bonds. The highest BCUT2D eigenvalue weighted by molar-refractivity contribution is 5.93. The van der Waals surface area contributed by atoms with Crippen LogP contribution < -0.4 is 0 Å². The molecule has 0 saturated carbocycles. The molecule has 152 valence electrons. The maximum atomic E-state index is 11.5. The zero-order chi connectivity index (χ0) is 20.2. The molecule has 8 nitrogen and oxygen atoms in total. The summed E-state index contributed by atoms with van der Waals surface area (Å²) in [5.74, 6) is -1.10. The number of benzene rings is 1. The van der Waals surface area contributed by atoms with Crippen LogP contribution in [0.1, 0.15) is 59.2 Å². The Bertz CT molecular complexity index is 605. The van der Waals surface area contributed by atoms with Gasteiger partial charge < -0.3 is 18.9 Å². The normalized spacial score (nSPS) is 18.7. The van der Waals surface area contributed by atoms with Gasteiger partial charge in [0.2, 0.25) is 0 Å². The molecule has 3 aliphatic rings. The van der Waals surface area contributed by atoms with Gasteiger partial charge in [-0.05, 0) is 49.9 Å². The molecule has 0 N–H and O–H groups in total. The smallest absolute Gasteiger partial charge is 0.338 e. The van der Waals surface area contributed by atoms with Crippen molar-refractivity contribution < 1.29 is 38.1 Å². The average molecular weight is 392 g/mol. The van der Waals surface area contributed by atoms with E-state index < -0.39 is 0 Å². The molecule has 3 heterocycles. The van der Waals surface area contributed by atoms with Crippen molar-refractivity contribution in [3.05, 3.63) is 35.4 Å². The highest BCUT2D eigenvalue weighted by Crippen LogP contribution is 2.09. The number of ether oxygens (including phenoxy) is 4. The number of carbonyl (C=O) groups is 4. The molecule has 1 fully saturated rings. The van der Waals surface area contributed by atoms with Crippen molar-refractivity contribution in [1.29, 1.82) is 0 Å². The van der Waals surface area contributed by atoms with E-state index in [1.165, 1.54) is 0 Å². The minimum atomic E-state index is -0.347. The second kappa shape index (κ2) is 11.7. The van der Waals surface area contributed by atoms with Crippen LogP contribution in [0.3, 0.4) is 0 Å². The van der Waals surface area contributed by atoms with Crippen LogP contribution in [-0.2, 0) is 28.5 Å². The highest BCUT2D eigenvalue weighted by atomic mass is 16.6. The fourth-order valence-electron chi connectivity index (χ4n) is 2.44. The molecule has 0 aromatic heterocycles. The third kappa shape index (κ3) is 7.77. The minimum absolute atomic E-state index is 0.185. The van der Waals surface area contributed by atoms with Gasteiger partial charge in [0.05, 0.1) is 24.3 Å². The Morgan fingerprint density at radius 2 is 0.893 bits per heavy atom. The van der Waals surface area contributed by atoms with Crippen LogP contribution in [0.25, 0.3) is 0 Å². The number of hydrogen-bond donors (Lipinski definition) is 0. The molecule has 8 heteroatoms. The molecule has 2 bridgehead atoms. The van der Waals surface area contributed by atoms with Gasteiger partial charge in [0.1, 0.15) is 13.2 Å². The minimum Gasteiger partial charge on any atom is -0.462 e. The molecule has 0 unspecified atom stereocenters. The molecule has 0 atom stereocenters. The van der Waals surface area contributed by atoms with E-state index in [1.54, 1.807) is 24.3 Å². The van der Waals surface area contributed by atoms with Gasteiger partial charge in [-0.1, -0.05) is 0 Å². The Morgan fingerprint density at radius 1 is 0.500 bits per heavy atom. The molecular formula is C20H24O8. The zero-order valence-electron chi connectivity index (χ0n) is 15.6. The first kappa shape index (κ1) is 21.4. The molecular weight excluding hydrogens is 368 g/mol. The average Bonchev–Trinajstić information content (AvgIpc) is 2.70. The second-order valence-corrected chi connectivity index (χ2v) is 6.20. The van der Waals surface area contributed by atoms with E-state index in [9.17, 15) is 19.2 Å². The van der Waals surface area contributed by atoms with E-state index in [-0.39, 0.29) is 37.1 Å². The van der Waals surface area contributed by atoms with Gasteiger partial charge in [-0.25, -0.2) is 9.59 Å². The highest BCUT2D eigenvalue weighted by Gasteiger charge is 2.12. The summed E-state index contributed by atoms with van der Waals surface area (Å²) >= 11 is 0. The van der Waals surface area contributed by atoms with Crippen LogP contribution in [-0.4, -0.2) is 50.3 Å². The molecule has 1 saturated heterocycles. The number of carbonyl (C=O) groups excluding carboxylic acids is 4. The van der Waals surface area contributed by atoms with Crippen LogP contribution in [0.2, 0.25) is 0 Å². The lowest BCUT2D eigenvalue weighted by Crippen LogP contribution is -2.15. The molecule has 0 aliphatic carbocycles. The van der Waals surface area contributed by atoms with E-state index >= 15 is 0 Å². The van der Waals surface area contributed by atoms with Gasteiger partial charge in [-0.15, -0.1) is 0 Å². The molecule has 1 aromatic rings. The van der Waals surface area contributed by atoms with Crippen LogP contribution in [0.4, 0.5) is 0 Å². The summed E-state index contributed by atoms with van der Waals surface area (Å²) in [6, 6.07) is 6.28. The summed E-state index contributed by atoms with van der Waals surface area (Å²) in [6.07, 6.45) is 3.63. The van der Waals surface area contributed by atoms with E-state index in [0.29, 0.717) is 62.9 Å². The molecule has 4 rings (SSSR count). The molecule has 1 aromatic carbocycles. The number of cyclic esters (lactones) is 2. The lowest BCUT2D eigenvalue weighted by atomic mass is 10.1. The summed E-state index contributed by atoms with van der Waals surface area (Å²) in [7, 11) is 0. The molecule has 3 aliphatic heterocycles. The summed E-state index contributed by atoms with van der Waals surface area (Å²) in [6.45, 7) is 1.09. The van der Waals surface area contributed by atoms with Crippen molar-refractivity contribution in [2.45, 2.75) is 38.5 Å². The van der Waals surface area contributed by atoms with E-state index in [0.717, 1.165) is 0 Å². The Balaban J connectivity index is 0.000000209. The van der Waals surface area contributed by atoms with Crippen molar-refractivity contribution in [2.24, 2.45) is 0 Å². The number of fused-ring (bicyclic) bond motifs is 9. The number of esters is 4. The van der Waals surface area contributed by atoms with Crippen molar-refractivity contribution >= 4 is 23.9 Å². The van der Waals surface area contributed by atoms with Gasteiger partial charge in [0.25, 0.3) is 0 Å². The fourth-order valence-corrected chi connectivity index (χ4v) is 2.44. The Hall–Kier alpha value is -2.90. The van der Waals surface area contributed by atoms with Crippen molar-refractivity contribution in [3.8, 4) is 0 Å². The van der Waals surface area contributed by atoms with Gasteiger partial charge in [-0.2, -0.15) is 0 Å². The number of hydrogen-bond acceptors (Lipinski definition) is 8. The molecule has 0 spiro atoms. The van der Waals surface area contributed by atoms with Crippen LogP contribution in [0, 0.1) is 0 Å². The Morgan fingerprint density at radius 3 is 1.29 bits per heavy atom. The first-order valence-corrected chi connectivity index (χ1v) is 9.32. The standard InChI is InChI=1S/C12H12O4.C8H12O4/c13-11-9-3-5-10(6-4-9)12(14)16-8-2-1-7-15-11;9-7-3-1-2-4-8(10)12-6-5-11-7/h3-6H,1-2,7-8H2;1-6H2. The predicted molar refractivity (Wildman–Crippen MR) is 96.6 cm³/mol. The van der Waals surface area contributed by atoms with Crippen LogP contribution in [0.15, 0.2) is 24.3 Å². The third-order valence-electron chi connectivity index (χ3n) is 3.98. The first-order valence-electron chi connectivity index (χ1n) is 9.32. The summed E-state index contributed by atoms with van der Waals surface area (Å²) < 4.78 is 19.6. The summed E-state index contributed by atoms with van der Waals surface area (Å²) in [4.78, 5) is 44.6. The zero-order valence-corrected chi connectivity index (χ0v) is 15.6. The van der Waals surface area contributed by atoms with E-state index in [2.05, 4.69) is 0 Å². The van der Waals surface area contributed by atoms with E-state index in [4.69, 9.17) is 18.9 Å². The van der Waals surface area contributed by atoms with Crippen molar-refractivity contribution in [3.63, 3.8) is 0 Å². The van der Waals surface area contributed by atoms with Gasteiger partial charge in [0, 0.05) is 12.8 Å². The Labute approximate surface area is 163 Å². The van der Waals surface area contributed by atoms with Crippen molar-refractivity contribution in [2.75, 3.05) is 26.4 Å². The van der Waals surface area contributed by atoms with E-state index in [1.807, 2.05) is 0 Å². The van der Waals surface area contributed by atoms with Crippen molar-refractivity contribution in [1.82, 2.24) is 0 Å². The SMILES string of the molecule is O=C1CCCCC(=O)OCCO1.O=C1OCCCCOC(=O)c2ccc1cc2. The molecule has 0 radical (unpaired) electrons. The predicted octanol–water partition coefficient (Wildman–Crippen LogP) is 2.44. The first-order chi connectivity index (χ1) is 13.6. The summed E-state index contributed by atoms with van der Waals surface area (Å²) in [5.41, 5.74) is 0.911. The van der Waals surface area contributed by atoms with Gasteiger partial charge in [-0.3, -0.25) is 9.59 Å². The quantitative estimate of drug-likeness (QED) is 0.490. The Kier molecular flexibility index (Phi) is 8.97. The van der Waals surface area contributed by atoms with Gasteiger partial charge >= 0.3 is 23.9 Å². The number of rotatable bonds is 0. The van der Waals surface area contributed by atoms with Crippen LogP contribution >= 0.6 is 0 Å². The molecule has 28 heavy (non-hydrogen) atoms.